The van der Waals surface area contributed by atoms with Crippen LogP contribution < -0.4 is 10.1 Å². The number of carbonyl (C=O) groups is 1. The van der Waals surface area contributed by atoms with Crippen LogP contribution in [0, 0.1) is 0 Å². The molecule has 1 heterocycles. The molecule has 8 nitrogen and oxygen atoms in total. The third kappa shape index (κ3) is 6.56. The van der Waals surface area contributed by atoms with Crippen molar-refractivity contribution in [3.05, 3.63) is 24.3 Å². The van der Waals surface area contributed by atoms with Crippen molar-refractivity contribution in [1.82, 2.24) is 9.21 Å². The van der Waals surface area contributed by atoms with Gasteiger partial charge < -0.3 is 14.8 Å². The molecule has 2 rings (SSSR count). The Morgan fingerprint density at radius 1 is 1.27 bits per heavy atom. The third-order valence-electron chi connectivity index (χ3n) is 4.21. The molecular formula is C17H27N3O5S. The molecule has 1 aromatic rings. The van der Waals surface area contributed by atoms with Gasteiger partial charge in [-0.1, -0.05) is 12.1 Å². The van der Waals surface area contributed by atoms with E-state index in [1.807, 2.05) is 6.07 Å². The van der Waals surface area contributed by atoms with Crippen LogP contribution in [0.5, 0.6) is 5.75 Å². The van der Waals surface area contributed by atoms with Crippen LogP contribution in [-0.4, -0.2) is 82.8 Å². The molecule has 1 N–H and O–H groups in total. The van der Waals surface area contributed by atoms with Crippen LogP contribution in [0.4, 0.5) is 5.69 Å². The Morgan fingerprint density at radius 2 is 1.96 bits per heavy atom. The molecule has 0 bridgehead atoms. The minimum Gasteiger partial charge on any atom is -0.495 e. The summed E-state index contributed by atoms with van der Waals surface area (Å²) in [6.45, 7) is 4.06. The van der Waals surface area contributed by atoms with Gasteiger partial charge in [0.25, 0.3) is 0 Å². The first-order valence-electron chi connectivity index (χ1n) is 8.58. The number of sulfonamides is 1. The van der Waals surface area contributed by atoms with Crippen molar-refractivity contribution >= 4 is 21.6 Å². The van der Waals surface area contributed by atoms with Crippen LogP contribution in [0.2, 0.25) is 0 Å². The van der Waals surface area contributed by atoms with Crippen LogP contribution in [0.15, 0.2) is 24.3 Å². The van der Waals surface area contributed by atoms with Crippen molar-refractivity contribution in [2.24, 2.45) is 0 Å². The highest BCUT2D eigenvalue weighted by atomic mass is 32.2. The van der Waals surface area contributed by atoms with Gasteiger partial charge in [0, 0.05) is 39.1 Å². The van der Waals surface area contributed by atoms with Crippen molar-refractivity contribution in [2.75, 3.05) is 64.6 Å². The van der Waals surface area contributed by atoms with E-state index in [0.29, 0.717) is 37.7 Å². The van der Waals surface area contributed by atoms with Gasteiger partial charge in [-0.3, -0.25) is 9.69 Å². The summed E-state index contributed by atoms with van der Waals surface area (Å²) in [6, 6.07) is 7.10. The number of nitrogens with zero attached hydrogens (tertiary/aromatic N) is 2. The van der Waals surface area contributed by atoms with Crippen LogP contribution in [-0.2, 0) is 19.6 Å². The molecule has 0 atom stereocenters. The number of hydrogen-bond acceptors (Lipinski definition) is 6. The van der Waals surface area contributed by atoms with Gasteiger partial charge in [-0.2, -0.15) is 0 Å². The molecule has 1 aliphatic rings. The Kier molecular flexibility index (Phi) is 7.83. The first-order valence-corrected chi connectivity index (χ1v) is 10.4. The average Bonchev–Trinajstić information content (AvgIpc) is 2.62. The fourth-order valence-corrected chi connectivity index (χ4v) is 3.54. The maximum atomic E-state index is 12.2. The van der Waals surface area contributed by atoms with E-state index in [1.54, 1.807) is 18.2 Å². The fourth-order valence-electron chi connectivity index (χ4n) is 2.71. The highest BCUT2D eigenvalue weighted by Crippen LogP contribution is 2.23. The molecule has 1 amide bonds. The minimum atomic E-state index is -3.38. The summed E-state index contributed by atoms with van der Waals surface area (Å²) < 4.78 is 35.9. The lowest BCUT2D eigenvalue weighted by atomic mass is 10.2. The molecule has 1 saturated heterocycles. The summed E-state index contributed by atoms with van der Waals surface area (Å²) in [4.78, 5) is 14.4. The van der Waals surface area contributed by atoms with E-state index in [-0.39, 0.29) is 18.9 Å². The number of morpholine rings is 1. The molecule has 26 heavy (non-hydrogen) atoms. The normalized spacial score (nSPS) is 15.8. The molecule has 0 aromatic heterocycles. The fraction of sp³-hybridized carbons (Fsp3) is 0.588. The standard InChI is InChI=1S/C17H27N3O5S/c1-24-16-6-4-3-5-15(16)18-17(21)7-8-20(26(2,22)23)10-9-19-11-13-25-14-12-19/h3-6H,7-14H2,1-2H3,(H,18,21). The van der Waals surface area contributed by atoms with Crippen LogP contribution >= 0.6 is 0 Å². The van der Waals surface area contributed by atoms with Gasteiger partial charge in [0.05, 0.1) is 32.3 Å². The number of anilines is 1. The Morgan fingerprint density at radius 3 is 2.62 bits per heavy atom. The monoisotopic (exact) mass is 385 g/mol. The number of amides is 1. The van der Waals surface area contributed by atoms with Crippen molar-refractivity contribution < 1.29 is 22.7 Å². The Bertz CT molecular complexity index is 689. The summed E-state index contributed by atoms with van der Waals surface area (Å²) >= 11 is 0. The number of nitrogens with one attached hydrogen (secondary N) is 1. The molecule has 9 heteroatoms. The molecule has 0 saturated carbocycles. The second kappa shape index (κ2) is 9.86. The molecule has 1 aliphatic heterocycles. The Balaban J connectivity index is 1.86. The van der Waals surface area contributed by atoms with Crippen LogP contribution in [0.1, 0.15) is 6.42 Å². The molecule has 1 aromatic carbocycles. The van der Waals surface area contributed by atoms with E-state index in [9.17, 15) is 13.2 Å². The van der Waals surface area contributed by atoms with Gasteiger partial charge in [-0.25, -0.2) is 12.7 Å². The summed E-state index contributed by atoms with van der Waals surface area (Å²) in [6.07, 6.45) is 1.25. The number of rotatable bonds is 9. The first-order chi connectivity index (χ1) is 12.4. The maximum Gasteiger partial charge on any atom is 0.225 e. The number of hydrogen-bond donors (Lipinski definition) is 1. The quantitative estimate of drug-likeness (QED) is 0.670. The van der Waals surface area contributed by atoms with Gasteiger partial charge in [-0.05, 0) is 12.1 Å². The van der Waals surface area contributed by atoms with E-state index in [4.69, 9.17) is 9.47 Å². The Labute approximate surface area is 155 Å². The largest absolute Gasteiger partial charge is 0.495 e. The lowest BCUT2D eigenvalue weighted by molar-refractivity contribution is -0.116. The number of methoxy groups -OCH3 is 1. The summed E-state index contributed by atoms with van der Waals surface area (Å²) in [5.41, 5.74) is 0.569. The lowest BCUT2D eigenvalue weighted by Crippen LogP contribution is -2.43. The third-order valence-corrected chi connectivity index (χ3v) is 5.51. The van der Waals surface area contributed by atoms with Crippen LogP contribution in [0.3, 0.4) is 0 Å². The second-order valence-electron chi connectivity index (χ2n) is 6.11. The van der Waals surface area contributed by atoms with E-state index in [0.717, 1.165) is 13.1 Å². The molecule has 0 unspecified atom stereocenters. The molecular weight excluding hydrogens is 358 g/mol. The van der Waals surface area contributed by atoms with Gasteiger partial charge >= 0.3 is 0 Å². The Hall–Kier alpha value is -1.68. The topological polar surface area (TPSA) is 88.2 Å². The molecule has 0 aliphatic carbocycles. The van der Waals surface area contributed by atoms with Crippen molar-refractivity contribution in [2.45, 2.75) is 6.42 Å². The molecule has 1 fully saturated rings. The SMILES string of the molecule is COc1ccccc1NC(=O)CCN(CCN1CCOCC1)S(C)(=O)=O. The van der Waals surface area contributed by atoms with Crippen molar-refractivity contribution in [3.63, 3.8) is 0 Å². The summed E-state index contributed by atoms with van der Waals surface area (Å²) in [5, 5.41) is 2.76. The zero-order valence-corrected chi connectivity index (χ0v) is 16.1. The van der Waals surface area contributed by atoms with Crippen molar-refractivity contribution in [1.29, 1.82) is 0 Å². The predicted octanol–water partition coefficient (Wildman–Crippen LogP) is 0.618. The molecule has 0 radical (unpaired) electrons. The molecule has 146 valence electrons. The van der Waals surface area contributed by atoms with E-state index in [2.05, 4.69) is 10.2 Å². The molecule has 0 spiro atoms. The number of carbonyl (C=O) groups excluding carboxylic acids is 1. The number of ether oxygens (including phenoxy) is 2. The highest BCUT2D eigenvalue weighted by molar-refractivity contribution is 7.88. The van der Waals surface area contributed by atoms with Gasteiger partial charge in [0.15, 0.2) is 0 Å². The first kappa shape index (κ1) is 20.6. The van der Waals surface area contributed by atoms with E-state index in [1.165, 1.54) is 17.7 Å². The summed E-state index contributed by atoms with van der Waals surface area (Å²) in [7, 11) is -1.85. The average molecular weight is 385 g/mol. The number of para-hydroxylation sites is 2. The van der Waals surface area contributed by atoms with Gasteiger partial charge in [-0.15, -0.1) is 0 Å². The van der Waals surface area contributed by atoms with Gasteiger partial charge in [0.1, 0.15) is 5.75 Å². The van der Waals surface area contributed by atoms with E-state index >= 15 is 0 Å². The summed E-state index contributed by atoms with van der Waals surface area (Å²) in [5.74, 6) is 0.308. The minimum absolute atomic E-state index is 0.0776. The lowest BCUT2D eigenvalue weighted by Gasteiger charge is -2.29. The zero-order chi connectivity index (χ0) is 19.0. The number of benzene rings is 1. The predicted molar refractivity (Wildman–Crippen MR) is 99.9 cm³/mol. The maximum absolute atomic E-state index is 12.2. The highest BCUT2D eigenvalue weighted by Gasteiger charge is 2.20. The van der Waals surface area contributed by atoms with Gasteiger partial charge in [0.2, 0.25) is 15.9 Å². The second-order valence-corrected chi connectivity index (χ2v) is 8.10. The smallest absolute Gasteiger partial charge is 0.225 e. The van der Waals surface area contributed by atoms with Crippen LogP contribution in [0.25, 0.3) is 0 Å². The van der Waals surface area contributed by atoms with E-state index < -0.39 is 10.0 Å². The zero-order valence-electron chi connectivity index (χ0n) is 15.3. The van der Waals surface area contributed by atoms with Crippen molar-refractivity contribution in [3.8, 4) is 5.75 Å².